The zero-order valence-corrected chi connectivity index (χ0v) is 10.5. The molecule has 2 aliphatic rings. The maximum absolute atomic E-state index is 4.72. The maximum Gasteiger partial charge on any atom is 0.105 e. The molecule has 1 unspecified atom stereocenters. The minimum absolute atomic E-state index is 0.619. The van der Waals surface area contributed by atoms with Gasteiger partial charge in [0.2, 0.25) is 0 Å². The average molecular weight is 226 g/mol. The van der Waals surface area contributed by atoms with Crippen LogP contribution in [0.15, 0.2) is 46.6 Å². The zero-order valence-electron chi connectivity index (χ0n) is 10.5. The Hall–Kier alpha value is -1.57. The van der Waals surface area contributed by atoms with Gasteiger partial charge in [-0.1, -0.05) is 30.3 Å². The third-order valence-corrected chi connectivity index (χ3v) is 3.85. The van der Waals surface area contributed by atoms with Crippen molar-refractivity contribution in [2.24, 2.45) is 4.99 Å². The fourth-order valence-electron chi connectivity index (χ4n) is 2.70. The highest BCUT2D eigenvalue weighted by Crippen LogP contribution is 2.32. The molecule has 1 fully saturated rings. The van der Waals surface area contributed by atoms with Gasteiger partial charge in [0.25, 0.3) is 0 Å². The van der Waals surface area contributed by atoms with E-state index in [4.69, 9.17) is 4.99 Å². The van der Waals surface area contributed by atoms with Crippen LogP contribution in [0.4, 0.5) is 0 Å². The molecule has 0 amide bonds. The Morgan fingerprint density at radius 2 is 1.94 bits per heavy atom. The Kier molecular flexibility index (Phi) is 2.50. The molecule has 2 heterocycles. The Morgan fingerprint density at radius 3 is 2.71 bits per heavy atom. The number of fused-ring (bicyclic) bond motifs is 1. The third kappa shape index (κ3) is 1.88. The first kappa shape index (κ1) is 10.6. The first-order valence-electron chi connectivity index (χ1n) is 6.28. The van der Waals surface area contributed by atoms with E-state index < -0.39 is 0 Å². The van der Waals surface area contributed by atoms with Crippen molar-refractivity contribution in [1.82, 2.24) is 4.90 Å². The molecular formula is C15H18N2. The molecular weight excluding hydrogens is 208 g/mol. The van der Waals surface area contributed by atoms with Crippen molar-refractivity contribution in [1.29, 1.82) is 0 Å². The van der Waals surface area contributed by atoms with Crippen LogP contribution >= 0.6 is 0 Å². The van der Waals surface area contributed by atoms with Gasteiger partial charge < -0.3 is 4.90 Å². The quantitative estimate of drug-likeness (QED) is 0.718. The second-order valence-corrected chi connectivity index (χ2v) is 5.09. The summed E-state index contributed by atoms with van der Waals surface area (Å²) in [6, 6.07) is 10.8. The lowest BCUT2D eigenvalue weighted by atomic mass is 9.98. The molecule has 3 rings (SSSR count). The topological polar surface area (TPSA) is 15.6 Å². The fourth-order valence-corrected chi connectivity index (χ4v) is 2.70. The number of aliphatic imine (C=N–C) groups is 1. The molecule has 2 aliphatic heterocycles. The summed E-state index contributed by atoms with van der Waals surface area (Å²) in [5, 5.41) is 0. The van der Waals surface area contributed by atoms with Gasteiger partial charge >= 0.3 is 0 Å². The molecule has 1 aromatic rings. The predicted molar refractivity (Wildman–Crippen MR) is 71.2 cm³/mol. The van der Waals surface area contributed by atoms with Crippen LogP contribution in [0.1, 0.15) is 31.7 Å². The van der Waals surface area contributed by atoms with E-state index in [1.807, 2.05) is 0 Å². The van der Waals surface area contributed by atoms with Crippen LogP contribution in [0.3, 0.4) is 0 Å². The van der Waals surface area contributed by atoms with Gasteiger partial charge in [0.05, 0.1) is 0 Å². The van der Waals surface area contributed by atoms with E-state index in [1.165, 1.54) is 22.7 Å². The molecule has 1 saturated heterocycles. The number of benzene rings is 1. The lowest BCUT2D eigenvalue weighted by Gasteiger charge is -2.24. The van der Waals surface area contributed by atoms with E-state index in [0.717, 1.165) is 19.5 Å². The molecule has 0 bridgehead atoms. The van der Waals surface area contributed by atoms with Crippen molar-refractivity contribution < 1.29 is 0 Å². The molecule has 17 heavy (non-hydrogen) atoms. The summed E-state index contributed by atoms with van der Waals surface area (Å²) in [4.78, 5) is 7.15. The van der Waals surface area contributed by atoms with Gasteiger partial charge in [0.15, 0.2) is 0 Å². The SMILES string of the molecule is CC1=C(C)N=C2CC(c3ccccc3)CN2C1. The van der Waals surface area contributed by atoms with E-state index >= 15 is 0 Å². The Bertz CT molecular complexity index is 485. The largest absolute Gasteiger partial charge is 0.355 e. The van der Waals surface area contributed by atoms with Gasteiger partial charge in [0.1, 0.15) is 5.84 Å². The van der Waals surface area contributed by atoms with Gasteiger partial charge in [0, 0.05) is 31.1 Å². The van der Waals surface area contributed by atoms with Crippen LogP contribution in [0, 0.1) is 0 Å². The molecule has 1 atom stereocenters. The summed E-state index contributed by atoms with van der Waals surface area (Å²) in [5.74, 6) is 1.90. The van der Waals surface area contributed by atoms with E-state index in [9.17, 15) is 0 Å². The van der Waals surface area contributed by atoms with Crippen molar-refractivity contribution in [3.8, 4) is 0 Å². The molecule has 0 saturated carbocycles. The Morgan fingerprint density at radius 1 is 1.18 bits per heavy atom. The summed E-state index contributed by atoms with van der Waals surface area (Å²) >= 11 is 0. The predicted octanol–water partition coefficient (Wildman–Crippen LogP) is 3.18. The monoisotopic (exact) mass is 226 g/mol. The van der Waals surface area contributed by atoms with E-state index in [1.54, 1.807) is 0 Å². The molecule has 0 radical (unpaired) electrons. The number of hydrogen-bond donors (Lipinski definition) is 0. The minimum Gasteiger partial charge on any atom is -0.355 e. The molecule has 2 nitrogen and oxygen atoms in total. The maximum atomic E-state index is 4.72. The van der Waals surface area contributed by atoms with Crippen LogP contribution in [-0.2, 0) is 0 Å². The standard InChI is InChI=1S/C15H18N2/c1-11-9-17-10-14(8-15(17)16-12(11)2)13-6-4-3-5-7-13/h3-7,14H,8-10H2,1-2H3. The molecule has 0 aliphatic carbocycles. The number of amidine groups is 1. The number of hydrogen-bond acceptors (Lipinski definition) is 2. The van der Waals surface area contributed by atoms with Gasteiger partial charge in [-0.25, -0.2) is 4.99 Å². The van der Waals surface area contributed by atoms with Gasteiger partial charge in [-0.3, -0.25) is 0 Å². The van der Waals surface area contributed by atoms with Crippen molar-refractivity contribution >= 4 is 5.84 Å². The summed E-state index contributed by atoms with van der Waals surface area (Å²) in [6.07, 6.45) is 1.09. The molecule has 0 aromatic heterocycles. The van der Waals surface area contributed by atoms with Crippen LogP contribution in [0.5, 0.6) is 0 Å². The van der Waals surface area contributed by atoms with Crippen molar-refractivity contribution in [2.75, 3.05) is 13.1 Å². The summed E-state index contributed by atoms with van der Waals surface area (Å²) < 4.78 is 0. The highest BCUT2D eigenvalue weighted by molar-refractivity contribution is 5.87. The van der Waals surface area contributed by atoms with Crippen LogP contribution in [0.2, 0.25) is 0 Å². The van der Waals surface area contributed by atoms with Crippen molar-refractivity contribution in [2.45, 2.75) is 26.2 Å². The Balaban J connectivity index is 1.83. The van der Waals surface area contributed by atoms with E-state index in [0.29, 0.717) is 5.92 Å². The second-order valence-electron chi connectivity index (χ2n) is 5.09. The minimum atomic E-state index is 0.619. The van der Waals surface area contributed by atoms with Gasteiger partial charge in [-0.2, -0.15) is 0 Å². The van der Waals surface area contributed by atoms with Gasteiger partial charge in [-0.05, 0) is 25.0 Å². The van der Waals surface area contributed by atoms with Crippen molar-refractivity contribution in [3.05, 3.63) is 47.2 Å². The molecule has 0 N–H and O–H groups in total. The average Bonchev–Trinajstić information content (AvgIpc) is 2.74. The van der Waals surface area contributed by atoms with Crippen LogP contribution < -0.4 is 0 Å². The smallest absolute Gasteiger partial charge is 0.105 e. The third-order valence-electron chi connectivity index (χ3n) is 3.85. The number of allylic oxidation sites excluding steroid dienone is 1. The molecule has 1 aromatic carbocycles. The van der Waals surface area contributed by atoms with Gasteiger partial charge in [-0.15, -0.1) is 0 Å². The Labute approximate surface area is 103 Å². The van der Waals surface area contributed by atoms with Crippen LogP contribution in [0.25, 0.3) is 0 Å². The first-order valence-corrected chi connectivity index (χ1v) is 6.28. The highest BCUT2D eigenvalue weighted by atomic mass is 15.2. The van der Waals surface area contributed by atoms with E-state index in [2.05, 4.69) is 49.1 Å². The molecule has 2 heteroatoms. The normalized spacial score (nSPS) is 23.8. The summed E-state index contributed by atoms with van der Waals surface area (Å²) in [6.45, 7) is 6.49. The highest BCUT2D eigenvalue weighted by Gasteiger charge is 2.30. The fraction of sp³-hybridized carbons (Fsp3) is 0.400. The first-order chi connectivity index (χ1) is 8.24. The molecule has 0 spiro atoms. The summed E-state index contributed by atoms with van der Waals surface area (Å²) in [7, 11) is 0. The number of rotatable bonds is 1. The lowest BCUT2D eigenvalue weighted by molar-refractivity contribution is 0.461. The number of nitrogens with zero attached hydrogens (tertiary/aromatic N) is 2. The van der Waals surface area contributed by atoms with Crippen molar-refractivity contribution in [3.63, 3.8) is 0 Å². The van der Waals surface area contributed by atoms with Crippen LogP contribution in [-0.4, -0.2) is 23.8 Å². The zero-order chi connectivity index (χ0) is 11.8. The molecule has 88 valence electrons. The van der Waals surface area contributed by atoms with E-state index in [-0.39, 0.29) is 0 Å². The summed E-state index contributed by atoms with van der Waals surface area (Å²) in [5.41, 5.74) is 4.06. The second kappa shape index (κ2) is 4.02. The lowest BCUT2D eigenvalue weighted by Crippen LogP contribution is -2.30.